The van der Waals surface area contributed by atoms with Gasteiger partial charge in [-0.3, -0.25) is 9.78 Å². The van der Waals surface area contributed by atoms with Gasteiger partial charge in [-0.1, -0.05) is 24.4 Å². The van der Waals surface area contributed by atoms with Crippen LogP contribution in [-0.4, -0.2) is 36.7 Å². The molecule has 0 spiro atoms. The average molecular weight is 394 g/mol. The monoisotopic (exact) mass is 393 g/mol. The Kier molecular flexibility index (Phi) is 5.90. The molecule has 1 fully saturated rings. The molecule has 1 aromatic carbocycles. The Labute approximate surface area is 158 Å². The fraction of sp³-hybridized carbons (Fsp3) is 0.333. The van der Waals surface area contributed by atoms with E-state index in [1.165, 1.54) is 22.5 Å². The highest BCUT2D eigenvalue weighted by Gasteiger charge is 2.28. The molecule has 8 heteroatoms. The lowest BCUT2D eigenvalue weighted by molar-refractivity contribution is 0.102. The predicted octanol–water partition coefficient (Wildman–Crippen LogP) is 3.55. The molecule has 0 bridgehead atoms. The maximum atomic E-state index is 13.0. The highest BCUT2D eigenvalue weighted by atomic mass is 35.5. The van der Waals surface area contributed by atoms with Crippen molar-refractivity contribution < 1.29 is 13.2 Å². The van der Waals surface area contributed by atoms with Crippen molar-refractivity contribution in [3.05, 3.63) is 53.3 Å². The largest absolute Gasteiger partial charge is 0.322 e. The normalized spacial score (nSPS) is 16.0. The number of anilines is 1. The fourth-order valence-electron chi connectivity index (χ4n) is 2.90. The van der Waals surface area contributed by atoms with Crippen LogP contribution in [0.5, 0.6) is 0 Å². The number of nitrogens with one attached hydrogen (secondary N) is 1. The van der Waals surface area contributed by atoms with Gasteiger partial charge in [0, 0.05) is 36.7 Å². The van der Waals surface area contributed by atoms with E-state index in [2.05, 4.69) is 10.3 Å². The molecule has 2 heterocycles. The number of aromatic nitrogens is 1. The van der Waals surface area contributed by atoms with E-state index in [0.717, 1.165) is 25.7 Å². The summed E-state index contributed by atoms with van der Waals surface area (Å²) in [6, 6.07) is 7.62. The summed E-state index contributed by atoms with van der Waals surface area (Å²) in [5.74, 6) is -0.403. The molecule has 1 aliphatic rings. The molecule has 1 amide bonds. The van der Waals surface area contributed by atoms with Crippen LogP contribution in [0.1, 0.15) is 36.0 Å². The molecule has 0 radical (unpaired) electrons. The van der Waals surface area contributed by atoms with Crippen LogP contribution in [0.4, 0.5) is 5.69 Å². The first-order valence-electron chi connectivity index (χ1n) is 8.49. The topological polar surface area (TPSA) is 79.4 Å². The van der Waals surface area contributed by atoms with Crippen LogP contribution in [-0.2, 0) is 10.0 Å². The maximum Gasteiger partial charge on any atom is 0.255 e. The number of benzene rings is 1. The Morgan fingerprint density at radius 1 is 1.04 bits per heavy atom. The van der Waals surface area contributed by atoms with E-state index in [9.17, 15) is 13.2 Å². The Balaban J connectivity index is 1.88. The van der Waals surface area contributed by atoms with E-state index in [-0.39, 0.29) is 15.5 Å². The van der Waals surface area contributed by atoms with E-state index in [1.54, 1.807) is 24.5 Å². The van der Waals surface area contributed by atoms with Crippen LogP contribution in [0.15, 0.2) is 47.6 Å². The van der Waals surface area contributed by atoms with Crippen LogP contribution in [0.2, 0.25) is 5.02 Å². The molecule has 2 aromatic rings. The summed E-state index contributed by atoms with van der Waals surface area (Å²) in [4.78, 5) is 16.3. The number of carbonyl (C=O) groups excluding carboxylic acids is 1. The number of hydrogen-bond acceptors (Lipinski definition) is 4. The van der Waals surface area contributed by atoms with Crippen LogP contribution >= 0.6 is 11.6 Å². The third kappa shape index (κ3) is 4.23. The minimum Gasteiger partial charge on any atom is -0.322 e. The van der Waals surface area contributed by atoms with Gasteiger partial charge in [-0.2, -0.15) is 4.31 Å². The van der Waals surface area contributed by atoms with Gasteiger partial charge in [-0.25, -0.2) is 8.42 Å². The molecule has 0 aliphatic carbocycles. The first-order valence-corrected chi connectivity index (χ1v) is 10.3. The van der Waals surface area contributed by atoms with Crippen molar-refractivity contribution in [3.8, 4) is 0 Å². The highest BCUT2D eigenvalue weighted by Crippen LogP contribution is 2.28. The quantitative estimate of drug-likeness (QED) is 0.861. The van der Waals surface area contributed by atoms with Gasteiger partial charge in [0.15, 0.2) is 0 Å². The first kappa shape index (κ1) is 18.8. The summed E-state index contributed by atoms with van der Waals surface area (Å²) < 4.78 is 27.5. The Morgan fingerprint density at radius 2 is 1.69 bits per heavy atom. The van der Waals surface area contributed by atoms with E-state index >= 15 is 0 Å². The molecule has 0 saturated carbocycles. The number of hydrogen-bond donors (Lipinski definition) is 1. The van der Waals surface area contributed by atoms with Crippen molar-refractivity contribution in [1.29, 1.82) is 0 Å². The number of rotatable bonds is 4. The average Bonchev–Trinajstić information content (AvgIpc) is 2.92. The van der Waals surface area contributed by atoms with Crippen LogP contribution < -0.4 is 5.32 Å². The lowest BCUT2D eigenvalue weighted by Crippen LogP contribution is -2.32. The summed E-state index contributed by atoms with van der Waals surface area (Å²) in [7, 11) is -3.73. The van der Waals surface area contributed by atoms with Crippen molar-refractivity contribution in [1.82, 2.24) is 9.29 Å². The lowest BCUT2D eigenvalue weighted by Gasteiger charge is -2.21. The smallest absolute Gasteiger partial charge is 0.255 e. The standard InChI is InChI=1S/C18H20ClN3O3S/c19-16-6-5-14(18(23)21-15-7-9-20-10-8-15)13-17(16)26(24,25)22-11-3-1-2-4-12-22/h5-10,13H,1-4,11-12H2,(H,20,21,23). The van der Waals surface area contributed by atoms with Crippen molar-refractivity contribution in [2.45, 2.75) is 30.6 Å². The van der Waals surface area contributed by atoms with E-state index in [0.29, 0.717) is 18.8 Å². The van der Waals surface area contributed by atoms with Crippen molar-refractivity contribution in [2.24, 2.45) is 0 Å². The second-order valence-corrected chi connectivity index (χ2v) is 8.47. The van der Waals surface area contributed by atoms with Crippen molar-refractivity contribution in [2.75, 3.05) is 18.4 Å². The summed E-state index contributed by atoms with van der Waals surface area (Å²) in [6.07, 6.45) is 6.83. The number of sulfonamides is 1. The molecule has 0 unspecified atom stereocenters. The van der Waals surface area contributed by atoms with Gasteiger partial charge in [0.1, 0.15) is 4.90 Å². The van der Waals surface area contributed by atoms with Gasteiger partial charge in [0.2, 0.25) is 10.0 Å². The Bertz CT molecular complexity index is 880. The van der Waals surface area contributed by atoms with Crippen LogP contribution in [0.25, 0.3) is 0 Å². The summed E-state index contributed by atoms with van der Waals surface area (Å²) in [5, 5.41) is 2.84. The highest BCUT2D eigenvalue weighted by molar-refractivity contribution is 7.89. The Hall–Kier alpha value is -1.96. The third-order valence-electron chi connectivity index (χ3n) is 4.31. The van der Waals surface area contributed by atoms with E-state index in [4.69, 9.17) is 11.6 Å². The molecule has 26 heavy (non-hydrogen) atoms. The van der Waals surface area contributed by atoms with Gasteiger partial charge in [-0.15, -0.1) is 0 Å². The molecular weight excluding hydrogens is 374 g/mol. The summed E-state index contributed by atoms with van der Waals surface area (Å²) in [5.41, 5.74) is 0.816. The van der Waals surface area contributed by atoms with Crippen molar-refractivity contribution >= 4 is 33.2 Å². The molecule has 138 valence electrons. The van der Waals surface area contributed by atoms with Gasteiger partial charge in [-0.05, 0) is 43.2 Å². The number of nitrogens with zero attached hydrogens (tertiary/aromatic N) is 2. The molecule has 1 aromatic heterocycles. The van der Waals surface area contributed by atoms with Crippen molar-refractivity contribution in [3.63, 3.8) is 0 Å². The fourth-order valence-corrected chi connectivity index (χ4v) is 4.92. The zero-order valence-electron chi connectivity index (χ0n) is 14.2. The van der Waals surface area contributed by atoms with Crippen LogP contribution in [0.3, 0.4) is 0 Å². The minimum absolute atomic E-state index is 0.0246. The number of halogens is 1. The molecule has 1 aliphatic heterocycles. The summed E-state index contributed by atoms with van der Waals surface area (Å²) >= 11 is 6.16. The molecular formula is C18H20ClN3O3S. The zero-order valence-corrected chi connectivity index (χ0v) is 15.8. The first-order chi connectivity index (χ1) is 12.5. The Morgan fingerprint density at radius 3 is 2.35 bits per heavy atom. The van der Waals surface area contributed by atoms with Gasteiger partial charge in [0.25, 0.3) is 5.91 Å². The molecule has 6 nitrogen and oxygen atoms in total. The van der Waals surface area contributed by atoms with Gasteiger partial charge in [0.05, 0.1) is 5.02 Å². The van der Waals surface area contributed by atoms with E-state index in [1.807, 2.05) is 0 Å². The third-order valence-corrected chi connectivity index (χ3v) is 6.69. The second kappa shape index (κ2) is 8.16. The molecule has 0 atom stereocenters. The summed E-state index contributed by atoms with van der Waals surface area (Å²) in [6.45, 7) is 0.957. The number of pyridine rings is 1. The maximum absolute atomic E-state index is 13.0. The van der Waals surface area contributed by atoms with Gasteiger partial charge < -0.3 is 5.32 Å². The van der Waals surface area contributed by atoms with Crippen LogP contribution in [0, 0.1) is 0 Å². The van der Waals surface area contributed by atoms with Gasteiger partial charge >= 0.3 is 0 Å². The predicted molar refractivity (Wildman–Crippen MR) is 101 cm³/mol. The van der Waals surface area contributed by atoms with E-state index < -0.39 is 15.9 Å². The second-order valence-electron chi connectivity index (χ2n) is 6.15. The SMILES string of the molecule is O=C(Nc1ccncc1)c1ccc(Cl)c(S(=O)(=O)N2CCCCCC2)c1. The molecule has 1 N–H and O–H groups in total. The molecule has 3 rings (SSSR count). The lowest BCUT2D eigenvalue weighted by atomic mass is 10.2. The minimum atomic E-state index is -3.73. The number of carbonyl (C=O) groups is 1. The number of amides is 1. The zero-order chi connectivity index (χ0) is 18.6. The molecule has 1 saturated heterocycles.